The fourth-order valence-electron chi connectivity index (χ4n) is 7.83. The van der Waals surface area contributed by atoms with E-state index in [-0.39, 0.29) is 24.0 Å². The topological polar surface area (TPSA) is 177 Å². The molecule has 0 amide bonds. The Kier molecular flexibility index (Phi) is 8.47. The Hall–Kier alpha value is -3.12. The maximum atomic E-state index is 14.9. The molecule has 9 atom stereocenters. The Balaban J connectivity index is 2.11. The first-order valence-electron chi connectivity index (χ1n) is 14.5. The number of aliphatic hydroxyl groups is 4. The average Bonchev–Trinajstić information content (AvgIpc) is 2.93. The van der Waals surface area contributed by atoms with Crippen molar-refractivity contribution in [3.05, 3.63) is 47.0 Å². The first-order valence-corrected chi connectivity index (χ1v) is 14.5. The molecule has 0 saturated heterocycles. The van der Waals surface area contributed by atoms with Gasteiger partial charge < -0.3 is 34.6 Å². The summed E-state index contributed by atoms with van der Waals surface area (Å²) in [6.07, 6.45) is -6.50. The first kappa shape index (κ1) is 32.8. The number of carbonyl (C=O) groups is 4. The molecule has 0 aliphatic heterocycles. The van der Waals surface area contributed by atoms with Crippen LogP contribution in [-0.2, 0) is 28.6 Å². The van der Waals surface area contributed by atoms with E-state index in [9.17, 15) is 39.6 Å². The molecule has 3 aliphatic carbocycles. The summed E-state index contributed by atoms with van der Waals surface area (Å²) in [5, 5.41) is 47.3. The molecule has 3 aliphatic rings. The number of esters is 3. The third-order valence-electron chi connectivity index (χ3n) is 10.4. The number of carbonyl (C=O) groups excluding carboxylic acids is 4. The molecule has 1 aromatic rings. The molecule has 2 fully saturated rings. The summed E-state index contributed by atoms with van der Waals surface area (Å²) in [7, 11) is 0. The van der Waals surface area contributed by atoms with Crippen LogP contribution in [-0.4, -0.2) is 86.3 Å². The molecule has 4 N–H and O–H groups in total. The van der Waals surface area contributed by atoms with Crippen molar-refractivity contribution in [1.29, 1.82) is 0 Å². The molecule has 0 heterocycles. The molecule has 43 heavy (non-hydrogen) atoms. The number of hydrogen-bond donors (Lipinski definition) is 4. The fourth-order valence-corrected chi connectivity index (χ4v) is 7.83. The van der Waals surface area contributed by atoms with Gasteiger partial charge in [-0.2, -0.15) is 0 Å². The normalized spacial score (nSPS) is 38.7. The van der Waals surface area contributed by atoms with Gasteiger partial charge in [-0.05, 0) is 42.5 Å². The third-order valence-corrected chi connectivity index (χ3v) is 10.4. The van der Waals surface area contributed by atoms with E-state index in [1.54, 1.807) is 45.9 Å². The van der Waals surface area contributed by atoms with Crippen LogP contribution in [0.5, 0.6) is 0 Å². The molecule has 2 bridgehead atoms. The number of ketones is 1. The summed E-state index contributed by atoms with van der Waals surface area (Å²) in [5.74, 6) is -5.42. The van der Waals surface area contributed by atoms with Crippen molar-refractivity contribution in [2.75, 3.05) is 6.61 Å². The second kappa shape index (κ2) is 11.1. The Morgan fingerprint density at radius 1 is 0.977 bits per heavy atom. The monoisotopic (exact) mass is 602 g/mol. The van der Waals surface area contributed by atoms with Gasteiger partial charge >= 0.3 is 17.9 Å². The summed E-state index contributed by atoms with van der Waals surface area (Å²) < 4.78 is 17.3. The van der Waals surface area contributed by atoms with E-state index in [2.05, 4.69) is 0 Å². The predicted octanol–water partition coefficient (Wildman–Crippen LogP) is 1.88. The van der Waals surface area contributed by atoms with Gasteiger partial charge in [0.2, 0.25) is 0 Å². The summed E-state index contributed by atoms with van der Waals surface area (Å²) >= 11 is 0. The molecule has 3 unspecified atom stereocenters. The number of benzene rings is 1. The van der Waals surface area contributed by atoms with Gasteiger partial charge in [-0.15, -0.1) is 0 Å². The van der Waals surface area contributed by atoms with Crippen molar-refractivity contribution in [3.8, 4) is 0 Å². The zero-order chi connectivity index (χ0) is 32.3. The maximum Gasteiger partial charge on any atom is 0.338 e. The molecule has 11 nitrogen and oxygen atoms in total. The zero-order valence-electron chi connectivity index (χ0n) is 25.6. The maximum absolute atomic E-state index is 14.9. The molecule has 0 aromatic heterocycles. The van der Waals surface area contributed by atoms with Crippen LogP contribution in [0.15, 0.2) is 41.5 Å². The summed E-state index contributed by atoms with van der Waals surface area (Å²) in [4.78, 5) is 53.2. The van der Waals surface area contributed by atoms with Crippen LogP contribution in [0.4, 0.5) is 0 Å². The number of hydrogen-bond acceptors (Lipinski definition) is 11. The number of rotatable bonds is 5. The third kappa shape index (κ3) is 4.90. The van der Waals surface area contributed by atoms with Crippen LogP contribution in [0.3, 0.4) is 0 Å². The van der Waals surface area contributed by atoms with Crippen LogP contribution < -0.4 is 0 Å². The SMILES string of the molecule is CC(=O)O[C@H]1C(=O)[C@]2(C)C(C)C[C@H](OC(C)=O)[C@@](O)(CO)C2C(OC(=O)c2ccccc2)[C@]2(O)C[C@H](O)C(C)=C1C2(C)C. The highest BCUT2D eigenvalue weighted by molar-refractivity contribution is 5.95. The second-order valence-electron chi connectivity index (χ2n) is 13.1. The van der Waals surface area contributed by atoms with Gasteiger partial charge in [-0.1, -0.05) is 45.9 Å². The highest BCUT2D eigenvalue weighted by atomic mass is 16.6. The lowest BCUT2D eigenvalue weighted by molar-refractivity contribution is -0.280. The lowest BCUT2D eigenvalue weighted by atomic mass is 9.44. The molecule has 0 spiro atoms. The zero-order valence-corrected chi connectivity index (χ0v) is 25.6. The van der Waals surface area contributed by atoms with E-state index in [4.69, 9.17) is 14.2 Å². The minimum Gasteiger partial charge on any atom is -0.459 e. The Bertz CT molecular complexity index is 1340. The van der Waals surface area contributed by atoms with Crippen molar-refractivity contribution >= 4 is 23.7 Å². The smallest absolute Gasteiger partial charge is 0.338 e. The number of aliphatic hydroxyl groups excluding tert-OH is 2. The van der Waals surface area contributed by atoms with Crippen molar-refractivity contribution in [3.63, 3.8) is 0 Å². The van der Waals surface area contributed by atoms with E-state index in [0.29, 0.717) is 5.57 Å². The molecular formula is C32H42O11. The molecule has 1 aromatic carbocycles. The van der Waals surface area contributed by atoms with Gasteiger partial charge in [0, 0.05) is 37.0 Å². The lowest BCUT2D eigenvalue weighted by Crippen LogP contribution is -2.77. The summed E-state index contributed by atoms with van der Waals surface area (Å²) in [6.45, 7) is 9.18. The fraction of sp³-hybridized carbons (Fsp3) is 0.625. The number of fused-ring (bicyclic) bond motifs is 3. The van der Waals surface area contributed by atoms with Crippen LogP contribution in [0.25, 0.3) is 0 Å². The van der Waals surface area contributed by atoms with E-state index in [0.717, 1.165) is 13.8 Å². The largest absolute Gasteiger partial charge is 0.459 e. The minimum atomic E-state index is -2.42. The quantitative estimate of drug-likeness (QED) is 0.220. The van der Waals surface area contributed by atoms with Crippen molar-refractivity contribution < 1.29 is 53.8 Å². The highest BCUT2D eigenvalue weighted by Gasteiger charge is 2.74. The Labute approximate surface area is 250 Å². The van der Waals surface area contributed by atoms with Gasteiger partial charge in [0.1, 0.15) is 23.4 Å². The Morgan fingerprint density at radius 2 is 1.56 bits per heavy atom. The molecule has 2 saturated carbocycles. The molecule has 11 heteroatoms. The molecular weight excluding hydrogens is 560 g/mol. The van der Waals surface area contributed by atoms with Crippen LogP contribution in [0, 0.1) is 22.7 Å². The minimum absolute atomic E-state index is 0.0794. The Morgan fingerprint density at radius 3 is 2.09 bits per heavy atom. The second-order valence-corrected chi connectivity index (χ2v) is 13.1. The van der Waals surface area contributed by atoms with Gasteiger partial charge in [0.15, 0.2) is 11.9 Å². The van der Waals surface area contributed by atoms with Gasteiger partial charge in [-0.25, -0.2) is 4.79 Å². The van der Waals surface area contributed by atoms with Crippen molar-refractivity contribution in [2.24, 2.45) is 22.7 Å². The predicted molar refractivity (Wildman–Crippen MR) is 151 cm³/mol. The summed E-state index contributed by atoms with van der Waals surface area (Å²) in [5.41, 5.74) is -7.24. The highest BCUT2D eigenvalue weighted by Crippen LogP contribution is 2.63. The van der Waals surface area contributed by atoms with Gasteiger partial charge in [0.05, 0.1) is 18.3 Å². The van der Waals surface area contributed by atoms with Crippen LogP contribution in [0.1, 0.15) is 71.7 Å². The average molecular weight is 603 g/mol. The van der Waals surface area contributed by atoms with Gasteiger partial charge in [0.25, 0.3) is 0 Å². The molecule has 0 radical (unpaired) electrons. The van der Waals surface area contributed by atoms with Gasteiger partial charge in [-0.3, -0.25) is 14.4 Å². The van der Waals surface area contributed by atoms with E-state index < -0.39 is 88.6 Å². The number of Topliss-reactive ketones (excluding diaryl/α,β-unsaturated/α-hetero) is 1. The van der Waals surface area contributed by atoms with Crippen LogP contribution in [0.2, 0.25) is 0 Å². The van der Waals surface area contributed by atoms with Crippen LogP contribution >= 0.6 is 0 Å². The summed E-state index contributed by atoms with van der Waals surface area (Å²) in [6, 6.07) is 7.92. The number of ether oxygens (including phenoxy) is 3. The van der Waals surface area contributed by atoms with E-state index in [1.165, 1.54) is 19.1 Å². The molecule has 4 rings (SSSR count). The molecule has 236 valence electrons. The first-order chi connectivity index (χ1) is 19.9. The lowest BCUT2D eigenvalue weighted by Gasteiger charge is -2.64. The van der Waals surface area contributed by atoms with Crippen molar-refractivity contribution in [2.45, 2.75) is 96.9 Å². The van der Waals surface area contributed by atoms with Crippen molar-refractivity contribution in [1.82, 2.24) is 0 Å². The van der Waals surface area contributed by atoms with E-state index >= 15 is 0 Å². The van der Waals surface area contributed by atoms with E-state index in [1.807, 2.05) is 0 Å². The standard InChI is InChI=1S/C32H42O11/c1-16-13-22(41-18(3)34)31(39,15-33)25-27(43-28(38)20-11-9-8-10-12-20)32(40)14-21(36)17(2)23(29(32,5)6)24(42-19(4)35)26(37)30(16,25)7/h8-12,16,21-22,24-25,27,33,36,39-40H,13-15H2,1-7H3/t16?,21-,22-,24+,25?,27?,30+,31-,32+/m0/s1.